The molecule has 1 heterocycles. The van der Waals surface area contributed by atoms with Crippen LogP contribution in [0.5, 0.6) is 23.0 Å². The smallest absolute Gasteiger partial charge is 0.338 e. The number of esters is 1. The Morgan fingerprint density at radius 3 is 2.45 bits per heavy atom. The number of allylic oxidation sites excluding steroid dienone is 1. The summed E-state index contributed by atoms with van der Waals surface area (Å²) in [7, 11) is 2.90. The highest BCUT2D eigenvalue weighted by molar-refractivity contribution is 5.95. The molecule has 1 atom stereocenters. The van der Waals surface area contributed by atoms with E-state index in [0.717, 1.165) is 0 Å². The third kappa shape index (κ3) is 8.54. The maximum Gasteiger partial charge on any atom is 0.338 e. The van der Waals surface area contributed by atoms with Crippen molar-refractivity contribution >= 4 is 29.8 Å². The van der Waals surface area contributed by atoms with Crippen molar-refractivity contribution in [3.8, 4) is 23.0 Å². The summed E-state index contributed by atoms with van der Waals surface area (Å²) in [6, 6.07) is 14.6. The summed E-state index contributed by atoms with van der Waals surface area (Å²) in [5.74, 6) is 0.134. The molecule has 3 aromatic rings. The fourth-order valence-electron chi connectivity index (χ4n) is 4.57. The maximum absolute atomic E-state index is 12.6. The summed E-state index contributed by atoms with van der Waals surface area (Å²) in [5.41, 5.74) is 4.71. The molecule has 15 heteroatoms. The standard InChI is InChI=1S/C32H33N5O10/c1-5-45-31(39)28-19(2)34-32(40)35-29(28)21-11-14-24(26(15-21)44-4)46-18-27(38)36-33-16-22-7-6-8-25(43-3)30(22)47-17-20-9-12-23(13-10-20)37(41)42/h6-16,29H,5,17-18H2,1-4H3,(H,36,38)(H2,34,35,40)/b33-16+/t29-/m1/s1. The first kappa shape index (κ1) is 33.8. The third-order valence-electron chi connectivity index (χ3n) is 6.80. The summed E-state index contributed by atoms with van der Waals surface area (Å²) in [4.78, 5) is 47.8. The van der Waals surface area contributed by atoms with Gasteiger partial charge in [0.2, 0.25) is 0 Å². The van der Waals surface area contributed by atoms with Crippen molar-refractivity contribution in [3.63, 3.8) is 0 Å². The quantitative estimate of drug-likeness (QED) is 0.100. The molecule has 0 unspecified atom stereocenters. The summed E-state index contributed by atoms with van der Waals surface area (Å²) in [6.45, 7) is 3.15. The molecule has 1 aliphatic rings. The predicted octanol–water partition coefficient (Wildman–Crippen LogP) is 3.91. The number of nitrogens with zero attached hydrogens (tertiary/aromatic N) is 2. The Balaban J connectivity index is 1.40. The van der Waals surface area contributed by atoms with Gasteiger partial charge in [0.1, 0.15) is 6.61 Å². The molecule has 0 saturated carbocycles. The van der Waals surface area contributed by atoms with E-state index in [1.807, 2.05) is 0 Å². The van der Waals surface area contributed by atoms with Crippen LogP contribution in [0, 0.1) is 10.1 Å². The number of hydrogen-bond acceptors (Lipinski definition) is 11. The molecule has 246 valence electrons. The minimum atomic E-state index is -0.803. The van der Waals surface area contributed by atoms with Crippen LogP contribution in [0.2, 0.25) is 0 Å². The number of benzene rings is 3. The van der Waals surface area contributed by atoms with E-state index in [1.165, 1.54) is 32.6 Å². The number of nitro groups is 1. The molecule has 0 radical (unpaired) electrons. The van der Waals surface area contributed by atoms with Crippen LogP contribution >= 0.6 is 0 Å². The van der Waals surface area contributed by atoms with E-state index in [-0.39, 0.29) is 36.0 Å². The highest BCUT2D eigenvalue weighted by atomic mass is 16.6. The Morgan fingerprint density at radius 1 is 1.02 bits per heavy atom. The lowest BCUT2D eigenvalue weighted by atomic mass is 9.95. The topological polar surface area (TPSA) is 189 Å². The van der Waals surface area contributed by atoms with Crippen molar-refractivity contribution in [3.05, 3.63) is 98.7 Å². The van der Waals surface area contributed by atoms with Gasteiger partial charge in [0.15, 0.2) is 29.6 Å². The molecule has 0 fully saturated rings. The number of para-hydroxylation sites is 1. The predicted molar refractivity (Wildman–Crippen MR) is 168 cm³/mol. The third-order valence-corrected chi connectivity index (χ3v) is 6.80. The Bertz CT molecular complexity index is 1700. The molecule has 3 amide bonds. The van der Waals surface area contributed by atoms with E-state index in [1.54, 1.807) is 62.4 Å². The monoisotopic (exact) mass is 647 g/mol. The number of hydrazone groups is 1. The number of rotatable bonds is 14. The normalized spacial score (nSPS) is 14.1. The van der Waals surface area contributed by atoms with Gasteiger partial charge in [-0.05, 0) is 61.4 Å². The zero-order valence-electron chi connectivity index (χ0n) is 26.0. The Kier molecular flexibility index (Phi) is 11.3. The highest BCUT2D eigenvalue weighted by Gasteiger charge is 2.32. The van der Waals surface area contributed by atoms with E-state index in [0.29, 0.717) is 33.9 Å². The molecular formula is C32H33N5O10. The van der Waals surface area contributed by atoms with Crippen LogP contribution in [0.25, 0.3) is 0 Å². The molecule has 47 heavy (non-hydrogen) atoms. The minimum Gasteiger partial charge on any atom is -0.493 e. The molecule has 0 spiro atoms. The van der Waals surface area contributed by atoms with Crippen molar-refractivity contribution < 1.29 is 43.0 Å². The SMILES string of the molecule is CCOC(=O)C1=C(C)NC(=O)N[C@@H]1c1ccc(OCC(=O)N/N=C/c2cccc(OC)c2OCc2ccc([N+](=O)[O-])cc2)c(OC)c1. The Hall–Kier alpha value is -6.12. The van der Waals surface area contributed by atoms with Crippen LogP contribution < -0.4 is 35.0 Å². The number of urea groups is 1. The molecule has 0 bridgehead atoms. The van der Waals surface area contributed by atoms with E-state index in [4.69, 9.17) is 23.7 Å². The van der Waals surface area contributed by atoms with Gasteiger partial charge < -0.3 is 34.3 Å². The Labute approximate surface area is 269 Å². The first-order valence-electron chi connectivity index (χ1n) is 14.3. The van der Waals surface area contributed by atoms with Crippen molar-refractivity contribution in [2.45, 2.75) is 26.5 Å². The number of carbonyl (C=O) groups excluding carboxylic acids is 3. The Morgan fingerprint density at radius 2 is 1.77 bits per heavy atom. The van der Waals surface area contributed by atoms with Gasteiger partial charge >= 0.3 is 12.0 Å². The lowest BCUT2D eigenvalue weighted by Gasteiger charge is -2.28. The number of amides is 3. The van der Waals surface area contributed by atoms with Gasteiger partial charge in [0, 0.05) is 23.4 Å². The van der Waals surface area contributed by atoms with Crippen molar-refractivity contribution in [2.24, 2.45) is 5.10 Å². The summed E-state index contributed by atoms with van der Waals surface area (Å²) in [5, 5.41) is 20.2. The average molecular weight is 648 g/mol. The van der Waals surface area contributed by atoms with Crippen LogP contribution in [0.4, 0.5) is 10.5 Å². The molecule has 15 nitrogen and oxygen atoms in total. The second kappa shape index (κ2) is 15.7. The molecule has 0 aromatic heterocycles. The van der Waals surface area contributed by atoms with Gasteiger partial charge in [0.05, 0.1) is 43.6 Å². The molecule has 4 rings (SSSR count). The number of carbonyl (C=O) groups is 3. The van der Waals surface area contributed by atoms with E-state index in [9.17, 15) is 24.5 Å². The molecule has 1 aliphatic heterocycles. The number of nitrogens with one attached hydrogen (secondary N) is 3. The summed E-state index contributed by atoms with van der Waals surface area (Å²) < 4.78 is 27.6. The van der Waals surface area contributed by atoms with Crippen molar-refractivity contribution in [2.75, 3.05) is 27.4 Å². The first-order chi connectivity index (χ1) is 22.6. The average Bonchev–Trinajstić information content (AvgIpc) is 3.06. The lowest BCUT2D eigenvalue weighted by Crippen LogP contribution is -2.45. The first-order valence-corrected chi connectivity index (χ1v) is 14.3. The van der Waals surface area contributed by atoms with Gasteiger partial charge in [-0.2, -0.15) is 5.10 Å². The zero-order valence-corrected chi connectivity index (χ0v) is 26.0. The van der Waals surface area contributed by atoms with Gasteiger partial charge in [-0.15, -0.1) is 0 Å². The molecule has 0 saturated heterocycles. The molecule has 0 aliphatic carbocycles. The van der Waals surface area contributed by atoms with Crippen LogP contribution in [0.1, 0.15) is 36.6 Å². The highest BCUT2D eigenvalue weighted by Crippen LogP contribution is 2.35. The van der Waals surface area contributed by atoms with E-state index >= 15 is 0 Å². The van der Waals surface area contributed by atoms with E-state index in [2.05, 4.69) is 21.2 Å². The van der Waals surface area contributed by atoms with Gasteiger partial charge in [-0.3, -0.25) is 14.9 Å². The van der Waals surface area contributed by atoms with Crippen molar-refractivity contribution in [1.82, 2.24) is 16.1 Å². The molecule has 3 aromatic carbocycles. The summed E-state index contributed by atoms with van der Waals surface area (Å²) >= 11 is 0. The van der Waals surface area contributed by atoms with Crippen molar-refractivity contribution in [1.29, 1.82) is 0 Å². The fourth-order valence-corrected chi connectivity index (χ4v) is 4.57. The summed E-state index contributed by atoms with van der Waals surface area (Å²) in [6.07, 6.45) is 1.38. The van der Waals surface area contributed by atoms with Crippen LogP contribution in [-0.4, -0.2) is 56.5 Å². The zero-order chi connectivity index (χ0) is 33.9. The van der Waals surface area contributed by atoms with Gasteiger partial charge in [-0.1, -0.05) is 12.1 Å². The van der Waals surface area contributed by atoms with Gasteiger partial charge in [-0.25, -0.2) is 15.0 Å². The molecular weight excluding hydrogens is 614 g/mol. The number of methoxy groups -OCH3 is 2. The van der Waals surface area contributed by atoms with Crippen LogP contribution in [0.15, 0.2) is 77.0 Å². The minimum absolute atomic E-state index is 0.0293. The van der Waals surface area contributed by atoms with E-state index < -0.39 is 35.5 Å². The number of non-ortho nitro benzene ring substituents is 1. The second-order valence-electron chi connectivity index (χ2n) is 9.87. The fraction of sp³-hybridized carbons (Fsp3) is 0.250. The largest absolute Gasteiger partial charge is 0.493 e. The molecule has 3 N–H and O–H groups in total. The number of hydrogen-bond donors (Lipinski definition) is 3. The second-order valence-corrected chi connectivity index (χ2v) is 9.87. The van der Waals surface area contributed by atoms with Crippen LogP contribution in [-0.2, 0) is 20.9 Å². The van der Waals surface area contributed by atoms with Gasteiger partial charge in [0.25, 0.3) is 11.6 Å². The number of ether oxygens (including phenoxy) is 5. The number of nitro benzene ring substituents is 1. The van der Waals surface area contributed by atoms with Crippen LogP contribution in [0.3, 0.4) is 0 Å². The lowest BCUT2D eigenvalue weighted by molar-refractivity contribution is -0.384. The maximum atomic E-state index is 12.6.